The van der Waals surface area contributed by atoms with Gasteiger partial charge in [0, 0.05) is 19.0 Å². The first-order valence-electron chi connectivity index (χ1n) is 6.43. The lowest BCUT2D eigenvalue weighted by Crippen LogP contribution is -2.41. The lowest BCUT2D eigenvalue weighted by molar-refractivity contribution is 0.314. The molecule has 0 aliphatic carbocycles. The van der Waals surface area contributed by atoms with Gasteiger partial charge in [-0.15, -0.1) is 0 Å². The van der Waals surface area contributed by atoms with Crippen LogP contribution in [0.1, 0.15) is 12.8 Å². The second-order valence-electron chi connectivity index (χ2n) is 4.81. The van der Waals surface area contributed by atoms with Crippen molar-refractivity contribution in [3.63, 3.8) is 0 Å². The third-order valence-electron chi connectivity index (χ3n) is 3.59. The molecule has 6 nitrogen and oxygen atoms in total. The molecule has 0 saturated carbocycles. The lowest BCUT2D eigenvalue weighted by atomic mass is 9.97. The highest BCUT2D eigenvalue weighted by molar-refractivity contribution is 7.89. The van der Waals surface area contributed by atoms with Gasteiger partial charge in [-0.3, -0.25) is 5.41 Å². The summed E-state index contributed by atoms with van der Waals surface area (Å²) in [6.07, 6.45) is 1.20. The van der Waals surface area contributed by atoms with Crippen molar-refractivity contribution in [3.8, 4) is 5.75 Å². The summed E-state index contributed by atoms with van der Waals surface area (Å²) in [4.78, 5) is 0.263. The number of ether oxygens (including phenoxy) is 1. The van der Waals surface area contributed by atoms with E-state index in [1.54, 1.807) is 24.3 Å². The summed E-state index contributed by atoms with van der Waals surface area (Å²) < 4.78 is 31.4. The summed E-state index contributed by atoms with van der Waals surface area (Å²) in [6, 6.07) is 6.36. The Bertz CT molecular complexity index is 575. The zero-order valence-electron chi connectivity index (χ0n) is 11.4. The quantitative estimate of drug-likeness (QED) is 0.641. The molecule has 7 heteroatoms. The van der Waals surface area contributed by atoms with Gasteiger partial charge < -0.3 is 10.5 Å². The number of methoxy groups -OCH3 is 1. The van der Waals surface area contributed by atoms with Crippen LogP contribution in [0.4, 0.5) is 0 Å². The Balaban J connectivity index is 2.13. The van der Waals surface area contributed by atoms with Crippen LogP contribution in [0.5, 0.6) is 5.75 Å². The first-order chi connectivity index (χ1) is 9.45. The van der Waals surface area contributed by atoms with Crippen molar-refractivity contribution in [3.05, 3.63) is 24.3 Å². The molecule has 1 heterocycles. The fourth-order valence-corrected chi connectivity index (χ4v) is 3.77. The van der Waals surface area contributed by atoms with Gasteiger partial charge in [0.1, 0.15) is 5.75 Å². The van der Waals surface area contributed by atoms with Crippen molar-refractivity contribution in [1.82, 2.24) is 4.31 Å². The average Bonchev–Trinajstić information content (AvgIpc) is 2.47. The Morgan fingerprint density at radius 3 is 2.30 bits per heavy atom. The maximum atomic E-state index is 12.5. The summed E-state index contributed by atoms with van der Waals surface area (Å²) in [5.74, 6) is 0.767. The van der Waals surface area contributed by atoms with Crippen LogP contribution in [-0.2, 0) is 10.0 Å². The molecule has 1 aliphatic rings. The number of hydrogen-bond acceptors (Lipinski definition) is 4. The van der Waals surface area contributed by atoms with Gasteiger partial charge in [-0.2, -0.15) is 4.31 Å². The Morgan fingerprint density at radius 1 is 1.30 bits per heavy atom. The molecule has 3 N–H and O–H groups in total. The molecule has 0 radical (unpaired) electrons. The van der Waals surface area contributed by atoms with E-state index in [-0.39, 0.29) is 16.6 Å². The second-order valence-corrected chi connectivity index (χ2v) is 6.75. The molecule has 0 spiro atoms. The van der Waals surface area contributed by atoms with E-state index in [0.717, 1.165) is 0 Å². The maximum absolute atomic E-state index is 12.5. The van der Waals surface area contributed by atoms with Crippen LogP contribution in [0, 0.1) is 11.3 Å². The van der Waals surface area contributed by atoms with E-state index in [1.807, 2.05) is 0 Å². The SMILES string of the molecule is COc1ccc(S(=O)(=O)N2CCC(C(=N)N)CC2)cc1. The first-order valence-corrected chi connectivity index (χ1v) is 7.87. The smallest absolute Gasteiger partial charge is 0.243 e. The zero-order chi connectivity index (χ0) is 14.8. The van der Waals surface area contributed by atoms with Crippen LogP contribution < -0.4 is 10.5 Å². The second kappa shape index (κ2) is 5.80. The number of rotatable bonds is 4. The molecule has 1 aromatic rings. The van der Waals surface area contributed by atoms with Crippen LogP contribution in [0.25, 0.3) is 0 Å². The molecule has 0 unspecified atom stereocenters. The molecule has 0 bridgehead atoms. The van der Waals surface area contributed by atoms with E-state index >= 15 is 0 Å². The standard InChI is InChI=1S/C13H19N3O3S/c1-19-11-2-4-12(5-3-11)20(17,18)16-8-6-10(7-9-16)13(14)15/h2-5,10H,6-9H2,1H3,(H3,14,15). The molecule has 20 heavy (non-hydrogen) atoms. The van der Waals surface area contributed by atoms with Crippen LogP contribution >= 0.6 is 0 Å². The highest BCUT2D eigenvalue weighted by atomic mass is 32.2. The Kier molecular flexibility index (Phi) is 4.29. The fourth-order valence-electron chi connectivity index (χ4n) is 2.30. The highest BCUT2D eigenvalue weighted by Gasteiger charge is 2.30. The Morgan fingerprint density at radius 2 is 1.85 bits per heavy atom. The Labute approximate surface area is 119 Å². The number of benzene rings is 1. The van der Waals surface area contributed by atoms with Crippen LogP contribution in [-0.4, -0.2) is 38.8 Å². The molecular formula is C13H19N3O3S. The molecule has 110 valence electrons. The average molecular weight is 297 g/mol. The van der Waals surface area contributed by atoms with Gasteiger partial charge >= 0.3 is 0 Å². The van der Waals surface area contributed by atoms with E-state index in [4.69, 9.17) is 15.9 Å². The molecule has 0 aromatic heterocycles. The van der Waals surface area contributed by atoms with Gasteiger partial charge in [0.25, 0.3) is 0 Å². The van der Waals surface area contributed by atoms with Gasteiger partial charge in [0.15, 0.2) is 0 Å². The minimum Gasteiger partial charge on any atom is -0.497 e. The number of nitrogens with two attached hydrogens (primary N) is 1. The van der Waals surface area contributed by atoms with Gasteiger partial charge in [0.2, 0.25) is 10.0 Å². The minimum absolute atomic E-state index is 0.00248. The number of piperidine rings is 1. The molecule has 1 aromatic carbocycles. The lowest BCUT2D eigenvalue weighted by Gasteiger charge is -2.30. The molecular weight excluding hydrogens is 278 g/mol. The van der Waals surface area contributed by atoms with Crippen molar-refractivity contribution in [1.29, 1.82) is 5.41 Å². The van der Waals surface area contributed by atoms with E-state index < -0.39 is 10.0 Å². The van der Waals surface area contributed by atoms with Crippen molar-refractivity contribution in [2.45, 2.75) is 17.7 Å². The first kappa shape index (κ1) is 14.8. The summed E-state index contributed by atoms with van der Waals surface area (Å²) in [7, 11) is -1.93. The van der Waals surface area contributed by atoms with Gasteiger partial charge in [0.05, 0.1) is 17.8 Å². The fraction of sp³-hybridized carbons (Fsp3) is 0.462. The number of amidine groups is 1. The number of nitrogens with one attached hydrogen (secondary N) is 1. The van der Waals surface area contributed by atoms with E-state index in [9.17, 15) is 8.42 Å². The van der Waals surface area contributed by atoms with Crippen LogP contribution in [0.2, 0.25) is 0 Å². The van der Waals surface area contributed by atoms with Gasteiger partial charge in [-0.25, -0.2) is 8.42 Å². The summed E-state index contributed by atoms with van der Waals surface area (Å²) >= 11 is 0. The van der Waals surface area contributed by atoms with Crippen molar-refractivity contribution in [2.75, 3.05) is 20.2 Å². The van der Waals surface area contributed by atoms with Gasteiger partial charge in [-0.05, 0) is 37.1 Å². The molecule has 2 rings (SSSR count). The minimum atomic E-state index is -3.47. The predicted octanol–water partition coefficient (Wildman–Crippen LogP) is 1.03. The third kappa shape index (κ3) is 2.94. The van der Waals surface area contributed by atoms with Crippen molar-refractivity contribution in [2.24, 2.45) is 11.7 Å². The Hall–Kier alpha value is -1.60. The van der Waals surface area contributed by atoms with E-state index in [1.165, 1.54) is 11.4 Å². The van der Waals surface area contributed by atoms with Crippen molar-refractivity contribution >= 4 is 15.9 Å². The number of sulfonamides is 1. The largest absolute Gasteiger partial charge is 0.497 e. The predicted molar refractivity (Wildman–Crippen MR) is 76.4 cm³/mol. The monoisotopic (exact) mass is 297 g/mol. The molecule has 1 saturated heterocycles. The van der Waals surface area contributed by atoms with E-state index in [2.05, 4.69) is 0 Å². The zero-order valence-corrected chi connectivity index (χ0v) is 12.2. The van der Waals surface area contributed by atoms with Crippen LogP contribution in [0.3, 0.4) is 0 Å². The third-order valence-corrected chi connectivity index (χ3v) is 5.50. The maximum Gasteiger partial charge on any atom is 0.243 e. The highest BCUT2D eigenvalue weighted by Crippen LogP contribution is 2.24. The van der Waals surface area contributed by atoms with Gasteiger partial charge in [-0.1, -0.05) is 0 Å². The van der Waals surface area contributed by atoms with E-state index in [0.29, 0.717) is 31.7 Å². The number of nitrogens with zero attached hydrogens (tertiary/aromatic N) is 1. The summed E-state index contributed by atoms with van der Waals surface area (Å²) in [6.45, 7) is 0.803. The van der Waals surface area contributed by atoms with Crippen LogP contribution in [0.15, 0.2) is 29.2 Å². The summed E-state index contributed by atoms with van der Waals surface area (Å²) in [5.41, 5.74) is 5.47. The number of hydrogen-bond donors (Lipinski definition) is 2. The molecule has 1 aliphatic heterocycles. The molecule has 1 fully saturated rings. The molecule has 0 amide bonds. The summed E-state index contributed by atoms with van der Waals surface area (Å²) in [5, 5.41) is 7.42. The normalized spacial score (nSPS) is 17.9. The molecule has 0 atom stereocenters. The van der Waals surface area contributed by atoms with Crippen molar-refractivity contribution < 1.29 is 13.2 Å². The topological polar surface area (TPSA) is 96.5 Å².